The standard InChI is InChI=1S/C13H8Cl2N2/c14-11-6-5-10(7-12(11)15)17-13-4-2-1-3-9(13)8-16/h1-7,17H. The molecule has 0 aliphatic rings. The van der Waals surface area contributed by atoms with Crippen LogP contribution in [0.1, 0.15) is 5.56 Å². The van der Waals surface area contributed by atoms with E-state index in [4.69, 9.17) is 28.5 Å². The number of hydrogen-bond donors (Lipinski definition) is 1. The highest BCUT2D eigenvalue weighted by molar-refractivity contribution is 6.42. The van der Waals surface area contributed by atoms with Crippen molar-refractivity contribution >= 4 is 34.6 Å². The van der Waals surface area contributed by atoms with Gasteiger partial charge in [0.25, 0.3) is 0 Å². The second kappa shape index (κ2) is 5.09. The molecular weight excluding hydrogens is 255 g/mol. The Kier molecular flexibility index (Phi) is 3.53. The van der Waals surface area contributed by atoms with Crippen LogP contribution in [0.2, 0.25) is 10.0 Å². The van der Waals surface area contributed by atoms with Crippen LogP contribution in [0, 0.1) is 11.3 Å². The molecule has 2 aromatic rings. The normalized spacial score (nSPS) is 9.71. The molecule has 0 amide bonds. The van der Waals surface area contributed by atoms with Crippen LogP contribution in [-0.4, -0.2) is 0 Å². The van der Waals surface area contributed by atoms with Crippen LogP contribution in [0.3, 0.4) is 0 Å². The molecule has 2 aromatic carbocycles. The van der Waals surface area contributed by atoms with Crippen molar-refractivity contribution in [2.45, 2.75) is 0 Å². The Labute approximate surface area is 109 Å². The third-order valence-electron chi connectivity index (χ3n) is 2.25. The van der Waals surface area contributed by atoms with Gasteiger partial charge in [-0.1, -0.05) is 35.3 Å². The van der Waals surface area contributed by atoms with Crippen molar-refractivity contribution < 1.29 is 0 Å². The summed E-state index contributed by atoms with van der Waals surface area (Å²) in [4.78, 5) is 0. The summed E-state index contributed by atoms with van der Waals surface area (Å²) in [5, 5.41) is 13.1. The predicted octanol–water partition coefficient (Wildman–Crippen LogP) is 4.61. The van der Waals surface area contributed by atoms with Gasteiger partial charge in [0.05, 0.1) is 21.3 Å². The van der Waals surface area contributed by atoms with Crippen molar-refractivity contribution in [3.05, 3.63) is 58.1 Å². The number of anilines is 2. The zero-order valence-corrected chi connectivity index (χ0v) is 10.3. The summed E-state index contributed by atoms with van der Waals surface area (Å²) in [6.07, 6.45) is 0. The molecular formula is C13H8Cl2N2. The summed E-state index contributed by atoms with van der Waals surface area (Å²) >= 11 is 11.7. The first-order chi connectivity index (χ1) is 8.20. The molecule has 0 saturated heterocycles. The molecule has 1 N–H and O–H groups in total. The van der Waals surface area contributed by atoms with Crippen LogP contribution in [-0.2, 0) is 0 Å². The summed E-state index contributed by atoms with van der Waals surface area (Å²) in [5.74, 6) is 0. The van der Waals surface area contributed by atoms with Crippen molar-refractivity contribution in [3.8, 4) is 6.07 Å². The second-order valence-electron chi connectivity index (χ2n) is 3.41. The Morgan fingerprint density at radius 1 is 1.00 bits per heavy atom. The highest BCUT2D eigenvalue weighted by Gasteiger charge is 2.03. The summed E-state index contributed by atoms with van der Waals surface area (Å²) in [7, 11) is 0. The van der Waals surface area contributed by atoms with Gasteiger partial charge in [-0.25, -0.2) is 0 Å². The fraction of sp³-hybridized carbons (Fsp3) is 0. The monoisotopic (exact) mass is 262 g/mol. The number of nitrogens with zero attached hydrogens (tertiary/aromatic N) is 1. The predicted molar refractivity (Wildman–Crippen MR) is 70.9 cm³/mol. The maximum atomic E-state index is 8.96. The van der Waals surface area contributed by atoms with Gasteiger partial charge in [0, 0.05) is 5.69 Å². The fourth-order valence-electron chi connectivity index (χ4n) is 1.42. The first-order valence-corrected chi connectivity index (χ1v) is 5.67. The average Bonchev–Trinajstić information content (AvgIpc) is 2.34. The molecule has 17 heavy (non-hydrogen) atoms. The molecule has 84 valence electrons. The van der Waals surface area contributed by atoms with E-state index in [1.54, 1.807) is 18.2 Å². The summed E-state index contributed by atoms with van der Waals surface area (Å²) in [6.45, 7) is 0. The van der Waals surface area contributed by atoms with E-state index in [1.807, 2.05) is 24.3 Å². The zero-order chi connectivity index (χ0) is 12.3. The molecule has 0 radical (unpaired) electrons. The lowest BCUT2D eigenvalue weighted by atomic mass is 10.2. The van der Waals surface area contributed by atoms with Crippen LogP contribution < -0.4 is 5.32 Å². The highest BCUT2D eigenvalue weighted by Crippen LogP contribution is 2.27. The van der Waals surface area contributed by atoms with Gasteiger partial charge in [0.15, 0.2) is 0 Å². The van der Waals surface area contributed by atoms with Gasteiger partial charge in [-0.2, -0.15) is 5.26 Å². The molecule has 0 unspecified atom stereocenters. The second-order valence-corrected chi connectivity index (χ2v) is 4.23. The molecule has 0 fully saturated rings. The zero-order valence-electron chi connectivity index (χ0n) is 8.74. The van der Waals surface area contributed by atoms with Crippen LogP contribution in [0.5, 0.6) is 0 Å². The number of nitrogens with one attached hydrogen (secondary N) is 1. The van der Waals surface area contributed by atoms with Gasteiger partial charge >= 0.3 is 0 Å². The molecule has 0 spiro atoms. The molecule has 0 aliphatic heterocycles. The summed E-state index contributed by atoms with van der Waals surface area (Å²) in [5.41, 5.74) is 2.12. The van der Waals surface area contributed by atoms with Crippen molar-refractivity contribution in [1.82, 2.24) is 0 Å². The van der Waals surface area contributed by atoms with Gasteiger partial charge in [-0.05, 0) is 30.3 Å². The molecule has 4 heteroatoms. The van der Waals surface area contributed by atoms with Gasteiger partial charge < -0.3 is 5.32 Å². The van der Waals surface area contributed by atoms with Gasteiger partial charge in [-0.3, -0.25) is 0 Å². The first-order valence-electron chi connectivity index (χ1n) is 4.92. The molecule has 0 aromatic heterocycles. The SMILES string of the molecule is N#Cc1ccccc1Nc1ccc(Cl)c(Cl)c1. The third kappa shape index (κ3) is 2.71. The lowest BCUT2D eigenvalue weighted by Crippen LogP contribution is -1.93. The van der Waals surface area contributed by atoms with E-state index in [2.05, 4.69) is 11.4 Å². The topological polar surface area (TPSA) is 35.8 Å². The molecule has 0 heterocycles. The van der Waals surface area contributed by atoms with E-state index in [0.717, 1.165) is 11.4 Å². The molecule has 0 saturated carbocycles. The Balaban J connectivity index is 2.32. The third-order valence-corrected chi connectivity index (χ3v) is 2.99. The summed E-state index contributed by atoms with van der Waals surface area (Å²) < 4.78 is 0. The maximum Gasteiger partial charge on any atom is 0.101 e. The Bertz CT molecular complexity index is 588. The highest BCUT2D eigenvalue weighted by atomic mass is 35.5. The van der Waals surface area contributed by atoms with E-state index in [-0.39, 0.29) is 0 Å². The van der Waals surface area contributed by atoms with E-state index < -0.39 is 0 Å². The molecule has 0 atom stereocenters. The van der Waals surface area contributed by atoms with E-state index in [0.29, 0.717) is 15.6 Å². The molecule has 0 bridgehead atoms. The number of rotatable bonds is 2. The van der Waals surface area contributed by atoms with E-state index in [9.17, 15) is 0 Å². The van der Waals surface area contributed by atoms with Crippen LogP contribution >= 0.6 is 23.2 Å². The number of para-hydroxylation sites is 1. The minimum absolute atomic E-state index is 0.478. The van der Waals surface area contributed by atoms with Crippen molar-refractivity contribution in [2.24, 2.45) is 0 Å². The minimum Gasteiger partial charge on any atom is -0.354 e. The van der Waals surface area contributed by atoms with Crippen molar-refractivity contribution in [2.75, 3.05) is 5.32 Å². The van der Waals surface area contributed by atoms with Crippen LogP contribution in [0.15, 0.2) is 42.5 Å². The first kappa shape index (κ1) is 11.8. The smallest absolute Gasteiger partial charge is 0.101 e. The number of hydrogen-bond acceptors (Lipinski definition) is 2. The number of halogens is 2. The lowest BCUT2D eigenvalue weighted by molar-refractivity contribution is 1.46. The fourth-order valence-corrected chi connectivity index (χ4v) is 1.72. The molecule has 2 nitrogen and oxygen atoms in total. The van der Waals surface area contributed by atoms with Crippen LogP contribution in [0.25, 0.3) is 0 Å². The van der Waals surface area contributed by atoms with Crippen molar-refractivity contribution in [3.63, 3.8) is 0 Å². The lowest BCUT2D eigenvalue weighted by Gasteiger charge is -2.08. The molecule has 2 rings (SSSR count). The van der Waals surface area contributed by atoms with E-state index >= 15 is 0 Å². The number of nitriles is 1. The van der Waals surface area contributed by atoms with Crippen LogP contribution in [0.4, 0.5) is 11.4 Å². The minimum atomic E-state index is 0.478. The largest absolute Gasteiger partial charge is 0.354 e. The van der Waals surface area contributed by atoms with Gasteiger partial charge in [0.2, 0.25) is 0 Å². The average molecular weight is 263 g/mol. The molecule has 0 aliphatic carbocycles. The Morgan fingerprint density at radius 3 is 2.47 bits per heavy atom. The van der Waals surface area contributed by atoms with Gasteiger partial charge in [-0.15, -0.1) is 0 Å². The summed E-state index contributed by atoms with van der Waals surface area (Å²) in [6, 6.07) is 14.6. The Hall–Kier alpha value is -1.69. The van der Waals surface area contributed by atoms with E-state index in [1.165, 1.54) is 0 Å². The quantitative estimate of drug-likeness (QED) is 0.858. The maximum absolute atomic E-state index is 8.96. The number of benzene rings is 2. The van der Waals surface area contributed by atoms with Crippen molar-refractivity contribution in [1.29, 1.82) is 5.26 Å². The Morgan fingerprint density at radius 2 is 1.76 bits per heavy atom. The van der Waals surface area contributed by atoms with Gasteiger partial charge in [0.1, 0.15) is 6.07 Å².